The molecule has 0 bridgehead atoms. The van der Waals surface area contributed by atoms with Crippen LogP contribution < -0.4 is 0 Å². The molecule has 116 valence electrons. The summed E-state index contributed by atoms with van der Waals surface area (Å²) in [6.07, 6.45) is 2.38. The van der Waals surface area contributed by atoms with Gasteiger partial charge in [-0.3, -0.25) is 4.90 Å². The van der Waals surface area contributed by atoms with Crippen LogP contribution in [0.2, 0.25) is 0 Å². The van der Waals surface area contributed by atoms with Gasteiger partial charge in [-0.05, 0) is 54.4 Å². The Morgan fingerprint density at radius 2 is 1.95 bits per heavy atom. The van der Waals surface area contributed by atoms with Crippen molar-refractivity contribution in [3.05, 3.63) is 23.3 Å². The molecule has 3 N–H and O–H groups in total. The average Bonchev–Trinajstić information content (AvgIpc) is 2.41. The highest BCUT2D eigenvalue weighted by Gasteiger charge is 2.38. The Bertz CT molecular complexity index is 529. The molecular formula is C17H25NO3. The monoisotopic (exact) mass is 291 g/mol. The van der Waals surface area contributed by atoms with E-state index in [-0.39, 0.29) is 23.6 Å². The average molecular weight is 291 g/mol. The molecule has 1 saturated heterocycles. The van der Waals surface area contributed by atoms with Crippen molar-refractivity contribution in [2.24, 2.45) is 11.8 Å². The second-order valence-corrected chi connectivity index (χ2v) is 6.99. The van der Waals surface area contributed by atoms with E-state index >= 15 is 0 Å². The summed E-state index contributed by atoms with van der Waals surface area (Å²) in [4.78, 5) is 2.43. The van der Waals surface area contributed by atoms with Gasteiger partial charge in [-0.25, -0.2) is 0 Å². The van der Waals surface area contributed by atoms with Crippen LogP contribution in [-0.4, -0.2) is 39.4 Å². The zero-order chi connectivity index (χ0) is 15.1. The Hall–Kier alpha value is -1.26. The molecule has 2 heterocycles. The summed E-state index contributed by atoms with van der Waals surface area (Å²) >= 11 is 0. The fourth-order valence-electron chi connectivity index (χ4n) is 3.96. The molecule has 0 aromatic heterocycles. The van der Waals surface area contributed by atoms with Crippen molar-refractivity contribution in [3.63, 3.8) is 0 Å². The number of nitrogens with zero attached hydrogens (tertiary/aromatic N) is 1. The van der Waals surface area contributed by atoms with Crippen molar-refractivity contribution < 1.29 is 15.3 Å². The highest BCUT2D eigenvalue weighted by atomic mass is 16.3. The first-order valence-corrected chi connectivity index (χ1v) is 7.92. The van der Waals surface area contributed by atoms with Gasteiger partial charge in [-0.15, -0.1) is 0 Å². The molecule has 4 nitrogen and oxygen atoms in total. The van der Waals surface area contributed by atoms with Gasteiger partial charge in [0.15, 0.2) is 11.5 Å². The van der Waals surface area contributed by atoms with Crippen molar-refractivity contribution in [3.8, 4) is 11.5 Å². The van der Waals surface area contributed by atoms with Gasteiger partial charge in [-0.1, -0.05) is 13.8 Å². The third-order valence-corrected chi connectivity index (χ3v) is 4.96. The first-order valence-electron chi connectivity index (χ1n) is 7.92. The normalized spacial score (nSPS) is 29.2. The smallest absolute Gasteiger partial charge is 0.157 e. The number of aliphatic hydroxyl groups excluding tert-OH is 1. The van der Waals surface area contributed by atoms with Crippen LogP contribution >= 0.6 is 0 Å². The minimum Gasteiger partial charge on any atom is -0.504 e. The molecule has 4 heteroatoms. The maximum Gasteiger partial charge on any atom is 0.157 e. The van der Waals surface area contributed by atoms with Gasteiger partial charge in [-0.2, -0.15) is 0 Å². The number of benzene rings is 1. The van der Waals surface area contributed by atoms with E-state index in [1.807, 2.05) is 0 Å². The van der Waals surface area contributed by atoms with E-state index in [0.29, 0.717) is 18.3 Å². The first-order chi connectivity index (χ1) is 9.95. The van der Waals surface area contributed by atoms with Crippen LogP contribution in [0.1, 0.15) is 43.9 Å². The molecule has 0 spiro atoms. The quantitative estimate of drug-likeness (QED) is 0.732. The number of piperidine rings is 1. The molecule has 1 fully saturated rings. The van der Waals surface area contributed by atoms with Crippen molar-refractivity contribution >= 4 is 0 Å². The van der Waals surface area contributed by atoms with E-state index < -0.39 is 0 Å². The van der Waals surface area contributed by atoms with E-state index in [4.69, 9.17) is 0 Å². The van der Waals surface area contributed by atoms with Crippen molar-refractivity contribution in [2.45, 2.75) is 45.3 Å². The highest BCUT2D eigenvalue weighted by Crippen LogP contribution is 2.42. The molecule has 1 aromatic rings. The standard InChI is InChI=1S/C17H25NO3/c1-10(2)5-12-9-18-4-3-11-6-16(20)17(21)7-13(11)14(18)8-15(12)19/h6-7,10,12,14-15,19-21H,3-5,8-9H2,1-2H3/t12-,14+,15+/m1/s1. The lowest BCUT2D eigenvalue weighted by Crippen LogP contribution is -2.48. The van der Waals surface area contributed by atoms with Gasteiger partial charge in [0.2, 0.25) is 0 Å². The number of rotatable bonds is 2. The summed E-state index contributed by atoms with van der Waals surface area (Å²) in [5, 5.41) is 29.9. The van der Waals surface area contributed by atoms with E-state index in [0.717, 1.165) is 37.1 Å². The zero-order valence-electron chi connectivity index (χ0n) is 12.8. The summed E-state index contributed by atoms with van der Waals surface area (Å²) in [5.41, 5.74) is 2.17. The van der Waals surface area contributed by atoms with E-state index in [1.165, 1.54) is 0 Å². The molecule has 2 aliphatic heterocycles. The second kappa shape index (κ2) is 5.50. The maximum absolute atomic E-state index is 10.5. The van der Waals surface area contributed by atoms with Crippen LogP contribution in [0.5, 0.6) is 11.5 Å². The van der Waals surface area contributed by atoms with Gasteiger partial charge < -0.3 is 15.3 Å². The largest absolute Gasteiger partial charge is 0.504 e. The maximum atomic E-state index is 10.5. The molecule has 1 aromatic carbocycles. The minimum atomic E-state index is -0.282. The lowest BCUT2D eigenvalue weighted by Gasteiger charge is -2.46. The minimum absolute atomic E-state index is 0.0451. The van der Waals surface area contributed by atoms with Crippen LogP contribution in [0.4, 0.5) is 0 Å². The summed E-state index contributed by atoms with van der Waals surface area (Å²) < 4.78 is 0. The fourth-order valence-corrected chi connectivity index (χ4v) is 3.96. The van der Waals surface area contributed by atoms with E-state index in [9.17, 15) is 15.3 Å². The molecule has 21 heavy (non-hydrogen) atoms. The molecule has 0 radical (unpaired) electrons. The number of hydrogen-bond acceptors (Lipinski definition) is 4. The Morgan fingerprint density at radius 1 is 1.24 bits per heavy atom. The molecule has 2 aliphatic rings. The number of aliphatic hydroxyl groups is 1. The lowest BCUT2D eigenvalue weighted by molar-refractivity contribution is -0.0191. The van der Waals surface area contributed by atoms with Crippen LogP contribution in [0.25, 0.3) is 0 Å². The Balaban J connectivity index is 1.85. The number of phenolic OH excluding ortho intramolecular Hbond substituents is 2. The van der Waals surface area contributed by atoms with Crippen LogP contribution in [0.15, 0.2) is 12.1 Å². The third-order valence-electron chi connectivity index (χ3n) is 4.96. The van der Waals surface area contributed by atoms with Crippen molar-refractivity contribution in [1.82, 2.24) is 4.90 Å². The van der Waals surface area contributed by atoms with Crippen molar-refractivity contribution in [2.75, 3.05) is 13.1 Å². The molecule has 0 saturated carbocycles. The number of aromatic hydroxyl groups is 2. The zero-order valence-corrected chi connectivity index (χ0v) is 12.8. The molecule has 0 aliphatic carbocycles. The van der Waals surface area contributed by atoms with Crippen molar-refractivity contribution in [1.29, 1.82) is 0 Å². The van der Waals surface area contributed by atoms with E-state index in [2.05, 4.69) is 18.7 Å². The SMILES string of the molecule is CC(C)C[C@@H]1CN2CCc3cc(O)c(O)cc3[C@@H]2C[C@@H]1O. The Kier molecular flexibility index (Phi) is 3.84. The summed E-state index contributed by atoms with van der Waals surface area (Å²) in [7, 11) is 0. The van der Waals surface area contributed by atoms with Gasteiger partial charge in [0.1, 0.15) is 0 Å². The van der Waals surface area contributed by atoms with Crippen LogP contribution in [0.3, 0.4) is 0 Å². The lowest BCUT2D eigenvalue weighted by atomic mass is 9.79. The Morgan fingerprint density at radius 3 is 2.67 bits per heavy atom. The number of hydrogen-bond donors (Lipinski definition) is 3. The molecule has 3 rings (SSSR count). The molecule has 0 amide bonds. The van der Waals surface area contributed by atoms with Gasteiger partial charge in [0.25, 0.3) is 0 Å². The molecular weight excluding hydrogens is 266 g/mol. The van der Waals surface area contributed by atoms with Crippen LogP contribution in [-0.2, 0) is 6.42 Å². The Labute approximate surface area is 126 Å². The molecule has 0 unspecified atom stereocenters. The second-order valence-electron chi connectivity index (χ2n) is 6.99. The van der Waals surface area contributed by atoms with E-state index in [1.54, 1.807) is 12.1 Å². The van der Waals surface area contributed by atoms with Gasteiger partial charge in [0.05, 0.1) is 6.10 Å². The van der Waals surface area contributed by atoms with Gasteiger partial charge >= 0.3 is 0 Å². The fraction of sp³-hybridized carbons (Fsp3) is 0.647. The summed E-state index contributed by atoms with van der Waals surface area (Å²) in [6.45, 7) is 6.28. The topological polar surface area (TPSA) is 63.9 Å². The predicted molar refractivity (Wildman–Crippen MR) is 81.4 cm³/mol. The third kappa shape index (κ3) is 2.74. The highest BCUT2D eigenvalue weighted by molar-refractivity contribution is 5.48. The number of fused-ring (bicyclic) bond motifs is 3. The van der Waals surface area contributed by atoms with Gasteiger partial charge in [0, 0.05) is 19.1 Å². The number of phenols is 2. The van der Waals surface area contributed by atoms with Crippen LogP contribution in [0, 0.1) is 11.8 Å². The predicted octanol–water partition coefficient (Wildman–Crippen LogP) is 2.42. The summed E-state index contributed by atoms with van der Waals surface area (Å²) in [6, 6.07) is 3.52. The summed E-state index contributed by atoms with van der Waals surface area (Å²) in [5.74, 6) is 0.832. The molecule has 3 atom stereocenters. The first kappa shape index (κ1) is 14.7.